The standard InChI is InChI=1S/C13H20N2O4S/c1-9-7-11(20(14,17)18)6-5-10(9)8-15-12(16)19-13(2,3)4/h5-7H,8H2,1-4H3,(H,15,16)(H2,14,17,18). The second-order valence-electron chi connectivity index (χ2n) is 5.49. The number of ether oxygens (including phenoxy) is 1. The number of nitrogens with two attached hydrogens (primary N) is 1. The molecule has 1 rings (SSSR count). The summed E-state index contributed by atoms with van der Waals surface area (Å²) in [5.41, 5.74) is 0.965. The van der Waals surface area contributed by atoms with Crippen LogP contribution in [0.15, 0.2) is 23.1 Å². The first-order chi connectivity index (χ1) is 8.99. The van der Waals surface area contributed by atoms with Gasteiger partial charge in [0.15, 0.2) is 0 Å². The van der Waals surface area contributed by atoms with Crippen molar-refractivity contribution in [2.24, 2.45) is 5.14 Å². The summed E-state index contributed by atoms with van der Waals surface area (Å²) in [7, 11) is -3.71. The fourth-order valence-corrected chi connectivity index (χ4v) is 2.12. The van der Waals surface area contributed by atoms with Gasteiger partial charge < -0.3 is 10.1 Å². The summed E-state index contributed by atoms with van der Waals surface area (Å²) < 4.78 is 27.5. The summed E-state index contributed by atoms with van der Waals surface area (Å²) in [6.07, 6.45) is -0.521. The lowest BCUT2D eigenvalue weighted by atomic mass is 10.1. The van der Waals surface area contributed by atoms with Gasteiger partial charge in [0.1, 0.15) is 5.60 Å². The molecule has 0 aliphatic rings. The predicted octanol–water partition coefficient (Wildman–Crippen LogP) is 1.67. The number of amides is 1. The highest BCUT2D eigenvalue weighted by atomic mass is 32.2. The van der Waals surface area contributed by atoms with E-state index in [0.29, 0.717) is 0 Å². The first-order valence-corrected chi connectivity index (χ1v) is 7.63. The summed E-state index contributed by atoms with van der Waals surface area (Å²) in [5, 5.41) is 7.66. The van der Waals surface area contributed by atoms with E-state index < -0.39 is 21.7 Å². The number of benzene rings is 1. The Morgan fingerprint density at radius 2 is 1.95 bits per heavy atom. The van der Waals surface area contributed by atoms with E-state index >= 15 is 0 Å². The lowest BCUT2D eigenvalue weighted by Gasteiger charge is -2.20. The van der Waals surface area contributed by atoms with Crippen molar-refractivity contribution in [1.29, 1.82) is 0 Å². The molecule has 112 valence electrons. The third-order valence-corrected chi connectivity index (χ3v) is 3.38. The van der Waals surface area contributed by atoms with Gasteiger partial charge in [-0.25, -0.2) is 18.4 Å². The van der Waals surface area contributed by atoms with Crippen LogP contribution >= 0.6 is 0 Å². The third kappa shape index (κ3) is 5.18. The van der Waals surface area contributed by atoms with E-state index in [4.69, 9.17) is 9.88 Å². The Kier molecular flexibility index (Phi) is 4.77. The zero-order chi connectivity index (χ0) is 15.6. The zero-order valence-corrected chi connectivity index (χ0v) is 12.9. The van der Waals surface area contributed by atoms with Crippen LogP contribution < -0.4 is 10.5 Å². The van der Waals surface area contributed by atoms with Crippen molar-refractivity contribution in [2.45, 2.75) is 44.7 Å². The van der Waals surface area contributed by atoms with Gasteiger partial charge in [-0.05, 0) is 51.0 Å². The number of sulfonamides is 1. The van der Waals surface area contributed by atoms with E-state index in [-0.39, 0.29) is 11.4 Å². The molecule has 6 nitrogen and oxygen atoms in total. The maximum Gasteiger partial charge on any atom is 0.407 e. The summed E-state index contributed by atoms with van der Waals surface area (Å²) in [6.45, 7) is 7.34. The Morgan fingerprint density at radius 1 is 1.35 bits per heavy atom. The topological polar surface area (TPSA) is 98.5 Å². The van der Waals surface area contributed by atoms with Crippen LogP contribution in [0.1, 0.15) is 31.9 Å². The van der Waals surface area contributed by atoms with E-state index in [9.17, 15) is 13.2 Å². The van der Waals surface area contributed by atoms with E-state index in [1.807, 2.05) is 0 Å². The average Bonchev–Trinajstić information content (AvgIpc) is 2.23. The molecule has 1 aromatic carbocycles. The highest BCUT2D eigenvalue weighted by Crippen LogP contribution is 2.14. The molecule has 3 N–H and O–H groups in total. The minimum atomic E-state index is -3.71. The molecule has 0 bridgehead atoms. The van der Waals surface area contributed by atoms with Crippen LogP contribution in [0.25, 0.3) is 0 Å². The minimum Gasteiger partial charge on any atom is -0.444 e. The Morgan fingerprint density at radius 3 is 2.40 bits per heavy atom. The molecule has 0 saturated heterocycles. The number of carbonyl (C=O) groups excluding carboxylic acids is 1. The van der Waals surface area contributed by atoms with Gasteiger partial charge in [-0.15, -0.1) is 0 Å². The normalized spacial score (nSPS) is 12.1. The fourth-order valence-electron chi connectivity index (χ4n) is 1.53. The lowest BCUT2D eigenvalue weighted by molar-refractivity contribution is 0.0523. The molecule has 0 spiro atoms. The monoisotopic (exact) mass is 300 g/mol. The van der Waals surface area contributed by atoms with E-state index in [2.05, 4.69) is 5.32 Å². The van der Waals surface area contributed by atoms with Gasteiger partial charge >= 0.3 is 6.09 Å². The van der Waals surface area contributed by atoms with Gasteiger partial charge in [0.25, 0.3) is 0 Å². The highest BCUT2D eigenvalue weighted by Gasteiger charge is 2.16. The lowest BCUT2D eigenvalue weighted by Crippen LogP contribution is -2.32. The molecule has 20 heavy (non-hydrogen) atoms. The molecule has 1 amide bonds. The Balaban J connectivity index is 2.73. The molecule has 0 saturated carbocycles. The minimum absolute atomic E-state index is 0.0519. The van der Waals surface area contributed by atoms with E-state index in [0.717, 1.165) is 11.1 Å². The number of hydrogen-bond acceptors (Lipinski definition) is 4. The highest BCUT2D eigenvalue weighted by molar-refractivity contribution is 7.89. The summed E-state index contributed by atoms with van der Waals surface area (Å²) in [4.78, 5) is 11.6. The van der Waals surface area contributed by atoms with Crippen LogP contribution in [0.4, 0.5) is 4.79 Å². The smallest absolute Gasteiger partial charge is 0.407 e. The molecule has 1 aromatic rings. The molecule has 0 aliphatic carbocycles. The number of rotatable bonds is 3. The molecule has 0 aliphatic heterocycles. The Bertz CT molecular complexity index is 603. The number of primary sulfonamides is 1. The van der Waals surface area contributed by atoms with E-state index in [1.165, 1.54) is 12.1 Å². The third-order valence-electron chi connectivity index (χ3n) is 2.46. The van der Waals surface area contributed by atoms with Crippen LogP contribution in [0.5, 0.6) is 0 Å². The molecule has 0 unspecified atom stereocenters. The van der Waals surface area contributed by atoms with Crippen molar-refractivity contribution < 1.29 is 17.9 Å². The van der Waals surface area contributed by atoms with Crippen molar-refractivity contribution in [3.63, 3.8) is 0 Å². The molecular weight excluding hydrogens is 280 g/mol. The predicted molar refractivity (Wildman–Crippen MR) is 75.6 cm³/mol. The van der Waals surface area contributed by atoms with E-state index in [1.54, 1.807) is 33.8 Å². The van der Waals surface area contributed by atoms with Crippen LogP contribution in [0, 0.1) is 6.92 Å². The van der Waals surface area contributed by atoms with Gasteiger partial charge in [0.2, 0.25) is 10.0 Å². The first-order valence-electron chi connectivity index (χ1n) is 6.08. The molecular formula is C13H20N2O4S. The summed E-state index contributed by atoms with van der Waals surface area (Å²) in [6, 6.07) is 4.50. The molecule has 0 heterocycles. The van der Waals surface area contributed by atoms with Crippen LogP contribution in [-0.2, 0) is 21.3 Å². The van der Waals surface area contributed by atoms with Gasteiger partial charge in [0.05, 0.1) is 4.90 Å². The number of carbonyl (C=O) groups is 1. The first kappa shape index (κ1) is 16.5. The number of nitrogens with one attached hydrogen (secondary N) is 1. The molecule has 0 aromatic heterocycles. The Labute approximate surface area is 119 Å². The number of alkyl carbamates (subject to hydrolysis) is 1. The second kappa shape index (κ2) is 5.80. The average molecular weight is 300 g/mol. The van der Waals surface area contributed by atoms with Crippen LogP contribution in [0.2, 0.25) is 0 Å². The molecule has 7 heteroatoms. The Hall–Kier alpha value is -1.60. The maximum atomic E-state index is 11.5. The maximum absolute atomic E-state index is 11.5. The van der Waals surface area contributed by atoms with Crippen molar-refractivity contribution in [2.75, 3.05) is 0 Å². The molecule has 0 atom stereocenters. The van der Waals surface area contributed by atoms with Gasteiger partial charge in [-0.1, -0.05) is 6.07 Å². The van der Waals surface area contributed by atoms with Crippen molar-refractivity contribution in [3.8, 4) is 0 Å². The van der Waals surface area contributed by atoms with Crippen molar-refractivity contribution >= 4 is 16.1 Å². The SMILES string of the molecule is Cc1cc(S(N)(=O)=O)ccc1CNC(=O)OC(C)(C)C. The van der Waals surface area contributed by atoms with Crippen molar-refractivity contribution in [1.82, 2.24) is 5.32 Å². The van der Waals surface area contributed by atoms with Crippen LogP contribution in [-0.4, -0.2) is 20.1 Å². The summed E-state index contributed by atoms with van der Waals surface area (Å²) >= 11 is 0. The van der Waals surface area contributed by atoms with Crippen LogP contribution in [0.3, 0.4) is 0 Å². The molecule has 0 radical (unpaired) electrons. The number of hydrogen-bond donors (Lipinski definition) is 2. The largest absolute Gasteiger partial charge is 0.444 e. The quantitative estimate of drug-likeness (QED) is 0.887. The van der Waals surface area contributed by atoms with Gasteiger partial charge in [-0.3, -0.25) is 0 Å². The van der Waals surface area contributed by atoms with Gasteiger partial charge in [-0.2, -0.15) is 0 Å². The zero-order valence-electron chi connectivity index (χ0n) is 12.1. The molecule has 0 fully saturated rings. The fraction of sp³-hybridized carbons (Fsp3) is 0.462. The number of aryl methyl sites for hydroxylation is 1. The van der Waals surface area contributed by atoms with Gasteiger partial charge in [0, 0.05) is 6.54 Å². The summed E-state index contributed by atoms with van der Waals surface area (Å²) in [5.74, 6) is 0. The van der Waals surface area contributed by atoms with Crippen molar-refractivity contribution in [3.05, 3.63) is 29.3 Å². The second-order valence-corrected chi connectivity index (χ2v) is 7.05.